The second-order valence-corrected chi connectivity index (χ2v) is 7.91. The molecule has 7 nitrogen and oxygen atoms in total. The van der Waals surface area contributed by atoms with Crippen LogP contribution >= 0.6 is 0 Å². The van der Waals surface area contributed by atoms with Gasteiger partial charge in [0.25, 0.3) is 0 Å². The van der Waals surface area contributed by atoms with Crippen molar-refractivity contribution in [2.24, 2.45) is 0 Å². The minimum absolute atomic E-state index is 0.0177. The molecular formula is C21H29AsN4O3. The summed E-state index contributed by atoms with van der Waals surface area (Å²) >= 11 is 2.47. The summed E-state index contributed by atoms with van der Waals surface area (Å²) in [7, 11) is 1.57. The first-order valence-corrected chi connectivity index (χ1v) is 11.0. The summed E-state index contributed by atoms with van der Waals surface area (Å²) in [4.78, 5) is 24.3. The minimum atomic E-state index is -0.778. The van der Waals surface area contributed by atoms with Gasteiger partial charge in [0.15, 0.2) is 0 Å². The number of methoxy groups -OCH3 is 1. The monoisotopic (exact) mass is 460 g/mol. The van der Waals surface area contributed by atoms with E-state index in [9.17, 15) is 9.90 Å². The average molecular weight is 460 g/mol. The molecule has 2 N–H and O–H groups in total. The number of pyridine rings is 1. The van der Waals surface area contributed by atoms with Crippen molar-refractivity contribution in [3.8, 4) is 5.88 Å². The van der Waals surface area contributed by atoms with Crippen molar-refractivity contribution in [2.45, 2.75) is 57.8 Å². The SMILES string of the molecule is CCNc1nc([As])cc(CCCCCCC(CC(=O)O)c2ccc(OC)nc2)n1. The van der Waals surface area contributed by atoms with Gasteiger partial charge < -0.3 is 9.84 Å². The predicted molar refractivity (Wildman–Crippen MR) is 114 cm³/mol. The standard InChI is InChI=1S/C21H29AsN4O3/c1-3-23-21-25-17(13-18(22)26-21)9-7-5-4-6-8-15(12-20(27)28)16-10-11-19(29-2)24-14-16/h10-11,13-15H,3-9,12H2,1-2H3,(H,27,28)(H,23,25,26). The molecule has 2 radical (unpaired) electrons. The van der Waals surface area contributed by atoms with E-state index in [1.54, 1.807) is 19.4 Å². The third-order valence-electron chi connectivity index (χ3n) is 4.70. The summed E-state index contributed by atoms with van der Waals surface area (Å²) in [6.45, 7) is 2.83. The van der Waals surface area contributed by atoms with Crippen LogP contribution in [0.5, 0.6) is 5.88 Å². The van der Waals surface area contributed by atoms with E-state index < -0.39 is 5.97 Å². The number of carboxylic acid groups (broad SMARTS) is 1. The Balaban J connectivity index is 1.77. The second-order valence-electron chi connectivity index (χ2n) is 6.95. The number of anilines is 1. The van der Waals surface area contributed by atoms with Crippen molar-refractivity contribution in [3.63, 3.8) is 0 Å². The number of rotatable bonds is 13. The Morgan fingerprint density at radius 3 is 2.69 bits per heavy atom. The molecule has 0 amide bonds. The van der Waals surface area contributed by atoms with Crippen LogP contribution in [-0.4, -0.2) is 56.5 Å². The zero-order valence-electron chi connectivity index (χ0n) is 17.1. The van der Waals surface area contributed by atoms with Crippen molar-refractivity contribution in [1.29, 1.82) is 0 Å². The van der Waals surface area contributed by atoms with Crippen molar-refractivity contribution in [2.75, 3.05) is 19.0 Å². The first kappa shape index (κ1) is 23.1. The molecule has 0 fully saturated rings. The fraction of sp³-hybridized carbons (Fsp3) is 0.524. The van der Waals surface area contributed by atoms with Crippen LogP contribution in [0.25, 0.3) is 0 Å². The molecule has 1 unspecified atom stereocenters. The number of nitrogens with zero attached hydrogens (tertiary/aromatic N) is 3. The zero-order chi connectivity index (χ0) is 21.1. The van der Waals surface area contributed by atoms with Crippen LogP contribution in [0.3, 0.4) is 0 Å². The summed E-state index contributed by atoms with van der Waals surface area (Å²) in [5.74, 6) is 0.430. The number of aromatic nitrogens is 3. The number of aliphatic carboxylic acids is 1. The Kier molecular flexibility index (Phi) is 9.92. The molecule has 8 heteroatoms. The van der Waals surface area contributed by atoms with Crippen LogP contribution in [0, 0.1) is 0 Å². The molecule has 2 aromatic heterocycles. The summed E-state index contributed by atoms with van der Waals surface area (Å²) in [5.41, 5.74) is 2.01. The Bertz CT molecular complexity index is 771. The molecule has 156 valence electrons. The molecular weight excluding hydrogens is 431 g/mol. The third-order valence-corrected chi connectivity index (χ3v) is 5.18. The van der Waals surface area contributed by atoms with Gasteiger partial charge in [0.05, 0.1) is 7.11 Å². The predicted octanol–water partition coefficient (Wildman–Crippen LogP) is 2.86. The van der Waals surface area contributed by atoms with E-state index in [4.69, 9.17) is 4.74 Å². The zero-order valence-corrected chi connectivity index (χ0v) is 19.0. The fourth-order valence-corrected chi connectivity index (χ4v) is 3.76. The first-order chi connectivity index (χ1) is 14.0. The number of hydrogen-bond donors (Lipinski definition) is 2. The van der Waals surface area contributed by atoms with Gasteiger partial charge in [0.2, 0.25) is 5.88 Å². The number of hydrogen-bond acceptors (Lipinski definition) is 6. The molecule has 2 heterocycles. The average Bonchev–Trinajstić information content (AvgIpc) is 2.69. The van der Waals surface area contributed by atoms with Gasteiger partial charge in [-0.15, -0.1) is 0 Å². The summed E-state index contributed by atoms with van der Waals surface area (Å²) in [6.07, 6.45) is 7.83. The molecule has 0 bridgehead atoms. The summed E-state index contributed by atoms with van der Waals surface area (Å²) in [6, 6.07) is 5.71. The molecule has 0 saturated carbocycles. The Labute approximate surface area is 181 Å². The van der Waals surface area contributed by atoms with Crippen molar-refractivity contribution in [3.05, 3.63) is 35.7 Å². The molecule has 1 atom stereocenters. The molecule has 0 aliphatic rings. The molecule has 0 saturated heterocycles. The molecule has 29 heavy (non-hydrogen) atoms. The van der Waals surface area contributed by atoms with Crippen LogP contribution in [0.4, 0.5) is 5.95 Å². The maximum atomic E-state index is 11.2. The van der Waals surface area contributed by atoms with Gasteiger partial charge in [-0.3, -0.25) is 4.79 Å². The Hall–Kier alpha value is -2.14. The first-order valence-electron chi connectivity index (χ1n) is 10.0. The van der Waals surface area contributed by atoms with Crippen LogP contribution in [0.2, 0.25) is 0 Å². The summed E-state index contributed by atoms with van der Waals surface area (Å²) < 4.78 is 6.00. The number of ether oxygens (including phenoxy) is 1. The van der Waals surface area contributed by atoms with E-state index in [1.165, 1.54) is 0 Å². The molecule has 0 aliphatic carbocycles. The van der Waals surface area contributed by atoms with E-state index in [1.807, 2.05) is 19.1 Å². The van der Waals surface area contributed by atoms with Crippen molar-refractivity contribution in [1.82, 2.24) is 15.0 Å². The van der Waals surface area contributed by atoms with Gasteiger partial charge in [-0.25, -0.2) is 4.98 Å². The van der Waals surface area contributed by atoms with Crippen LogP contribution in [0.15, 0.2) is 24.4 Å². The molecule has 2 aromatic rings. The van der Waals surface area contributed by atoms with E-state index in [2.05, 4.69) is 37.1 Å². The van der Waals surface area contributed by atoms with Gasteiger partial charge in [0, 0.05) is 6.07 Å². The molecule has 0 aromatic carbocycles. The third kappa shape index (κ3) is 8.40. The molecule has 0 aliphatic heterocycles. The topological polar surface area (TPSA) is 97.2 Å². The van der Waals surface area contributed by atoms with E-state index in [0.717, 1.165) is 60.8 Å². The Morgan fingerprint density at radius 1 is 1.24 bits per heavy atom. The van der Waals surface area contributed by atoms with Gasteiger partial charge in [0.1, 0.15) is 0 Å². The van der Waals surface area contributed by atoms with E-state index in [0.29, 0.717) is 11.8 Å². The number of carbonyl (C=O) groups is 1. The fourth-order valence-electron chi connectivity index (χ4n) is 3.25. The Morgan fingerprint density at radius 2 is 2.03 bits per heavy atom. The van der Waals surface area contributed by atoms with Crippen LogP contribution in [-0.2, 0) is 11.2 Å². The van der Waals surface area contributed by atoms with Crippen LogP contribution < -0.4 is 14.5 Å². The summed E-state index contributed by atoms with van der Waals surface area (Å²) in [5, 5.41) is 12.4. The van der Waals surface area contributed by atoms with Gasteiger partial charge in [-0.05, 0) is 0 Å². The van der Waals surface area contributed by atoms with Crippen molar-refractivity contribution >= 4 is 33.3 Å². The number of aryl methyl sites for hydroxylation is 1. The quantitative estimate of drug-likeness (QED) is 0.351. The van der Waals surface area contributed by atoms with Gasteiger partial charge in [-0.1, -0.05) is 0 Å². The maximum absolute atomic E-state index is 11.2. The van der Waals surface area contributed by atoms with E-state index >= 15 is 0 Å². The van der Waals surface area contributed by atoms with E-state index in [-0.39, 0.29) is 12.3 Å². The number of unbranched alkanes of at least 4 members (excludes halogenated alkanes) is 3. The number of nitrogens with one attached hydrogen (secondary N) is 1. The second kappa shape index (κ2) is 12.4. The molecule has 0 spiro atoms. The van der Waals surface area contributed by atoms with Gasteiger partial charge in [-0.2, -0.15) is 0 Å². The van der Waals surface area contributed by atoms with Crippen LogP contribution in [0.1, 0.15) is 62.6 Å². The molecule has 2 rings (SSSR count). The number of carboxylic acids is 1. The van der Waals surface area contributed by atoms with Gasteiger partial charge >= 0.3 is 142 Å². The normalized spacial score (nSPS) is 11.8. The van der Waals surface area contributed by atoms with Crippen molar-refractivity contribution < 1.29 is 14.6 Å².